The summed E-state index contributed by atoms with van der Waals surface area (Å²) >= 11 is 11.4. The van der Waals surface area contributed by atoms with Crippen molar-refractivity contribution < 1.29 is 22.7 Å². The number of halogens is 5. The van der Waals surface area contributed by atoms with Crippen molar-refractivity contribution in [2.45, 2.75) is 6.18 Å². The summed E-state index contributed by atoms with van der Waals surface area (Å²) in [5.41, 5.74) is -1.15. The van der Waals surface area contributed by atoms with Crippen LogP contribution >= 0.6 is 23.2 Å². The van der Waals surface area contributed by atoms with Gasteiger partial charge in [-0.2, -0.15) is 18.3 Å². The monoisotopic (exact) mass is 416 g/mol. The molecule has 140 valence electrons. The summed E-state index contributed by atoms with van der Waals surface area (Å²) in [5, 5.41) is 6.55. The minimum absolute atomic E-state index is 0.0584. The molecule has 0 atom stereocenters. The molecule has 6 nitrogen and oxygen atoms in total. The quantitative estimate of drug-likeness (QED) is 0.636. The van der Waals surface area contributed by atoms with Crippen molar-refractivity contribution in [1.82, 2.24) is 14.8 Å². The first-order valence-corrected chi connectivity index (χ1v) is 8.01. The average molecular weight is 417 g/mol. The number of pyridine rings is 1. The van der Waals surface area contributed by atoms with E-state index in [4.69, 9.17) is 27.9 Å². The fourth-order valence-electron chi connectivity index (χ4n) is 2.13. The molecule has 1 amide bonds. The van der Waals surface area contributed by atoms with Crippen LogP contribution in [0, 0.1) is 0 Å². The number of hydrogen-bond donors (Lipinski definition) is 1. The first-order chi connectivity index (χ1) is 12.7. The fourth-order valence-corrected chi connectivity index (χ4v) is 2.36. The second-order valence-electron chi connectivity index (χ2n) is 5.12. The van der Waals surface area contributed by atoms with Crippen LogP contribution in [0.2, 0.25) is 10.0 Å². The molecule has 27 heavy (non-hydrogen) atoms. The second kappa shape index (κ2) is 7.45. The number of rotatable bonds is 3. The first kappa shape index (κ1) is 19.0. The highest BCUT2D eigenvalue weighted by Crippen LogP contribution is 2.37. The Morgan fingerprint density at radius 2 is 1.70 bits per heavy atom. The Kier molecular flexibility index (Phi) is 5.24. The van der Waals surface area contributed by atoms with Crippen molar-refractivity contribution >= 4 is 35.1 Å². The van der Waals surface area contributed by atoms with E-state index in [0.717, 1.165) is 6.20 Å². The third-order valence-electron chi connectivity index (χ3n) is 3.24. The lowest BCUT2D eigenvalue weighted by atomic mass is 10.3. The van der Waals surface area contributed by atoms with E-state index in [1.165, 1.54) is 42.6 Å². The highest BCUT2D eigenvalue weighted by atomic mass is 35.5. The fraction of sp³-hybridized carbons (Fsp3) is 0.0625. The van der Waals surface area contributed by atoms with Gasteiger partial charge in [-0.1, -0.05) is 23.2 Å². The van der Waals surface area contributed by atoms with Crippen molar-refractivity contribution in [3.8, 4) is 11.4 Å². The van der Waals surface area contributed by atoms with Crippen molar-refractivity contribution in [1.29, 1.82) is 0 Å². The van der Waals surface area contributed by atoms with Gasteiger partial charge in [0.25, 0.3) is 0 Å². The second-order valence-corrected chi connectivity index (χ2v) is 5.99. The van der Waals surface area contributed by atoms with E-state index in [2.05, 4.69) is 15.4 Å². The third-order valence-corrected chi connectivity index (χ3v) is 3.71. The van der Waals surface area contributed by atoms with Gasteiger partial charge < -0.3 is 4.74 Å². The van der Waals surface area contributed by atoms with Crippen LogP contribution in [0.1, 0.15) is 5.69 Å². The number of anilines is 1. The van der Waals surface area contributed by atoms with E-state index in [0.29, 0.717) is 14.7 Å². The van der Waals surface area contributed by atoms with Crippen molar-refractivity contribution in [3.63, 3.8) is 0 Å². The molecule has 0 saturated heterocycles. The third kappa shape index (κ3) is 4.50. The lowest BCUT2D eigenvalue weighted by molar-refractivity contribution is -0.143. The minimum Gasteiger partial charge on any atom is -0.406 e. The zero-order valence-corrected chi connectivity index (χ0v) is 14.7. The van der Waals surface area contributed by atoms with Gasteiger partial charge in [-0.3, -0.25) is 5.32 Å². The van der Waals surface area contributed by atoms with Crippen molar-refractivity contribution in [2.75, 3.05) is 5.32 Å². The highest BCUT2D eigenvalue weighted by Gasteiger charge is 2.40. The van der Waals surface area contributed by atoms with E-state index in [-0.39, 0.29) is 11.5 Å². The van der Waals surface area contributed by atoms with Crippen LogP contribution in [0.25, 0.3) is 5.69 Å². The van der Waals surface area contributed by atoms with E-state index in [1.54, 1.807) is 0 Å². The van der Waals surface area contributed by atoms with Crippen LogP contribution in [-0.2, 0) is 6.18 Å². The lowest BCUT2D eigenvalue weighted by Crippen LogP contribution is -2.20. The number of nitrogens with one attached hydrogen (secondary N) is 1. The molecular formula is C16H9Cl2F3N4O2. The molecule has 0 saturated carbocycles. The van der Waals surface area contributed by atoms with Crippen LogP contribution in [-0.4, -0.2) is 20.9 Å². The molecule has 0 aliphatic rings. The Hall–Kier alpha value is -2.78. The number of amides is 1. The SMILES string of the molecule is O=C(Nc1ccc(Cl)cn1)Oc1cnn(-c2ccc(Cl)cc2)c1C(F)(F)F. The Morgan fingerprint density at radius 3 is 2.30 bits per heavy atom. The van der Waals surface area contributed by atoms with Gasteiger partial charge in [-0.05, 0) is 36.4 Å². The topological polar surface area (TPSA) is 69.0 Å². The number of alkyl halides is 3. The van der Waals surface area contributed by atoms with Crippen LogP contribution in [0.3, 0.4) is 0 Å². The van der Waals surface area contributed by atoms with Gasteiger partial charge in [0.1, 0.15) is 5.82 Å². The molecule has 1 aromatic carbocycles. The lowest BCUT2D eigenvalue weighted by Gasteiger charge is -2.12. The van der Waals surface area contributed by atoms with Gasteiger partial charge in [0.05, 0.1) is 16.9 Å². The molecule has 2 aromatic heterocycles. The maximum absolute atomic E-state index is 13.5. The molecule has 0 spiro atoms. The summed E-state index contributed by atoms with van der Waals surface area (Å²) in [4.78, 5) is 15.7. The first-order valence-electron chi connectivity index (χ1n) is 7.25. The van der Waals surface area contributed by atoms with Gasteiger partial charge >= 0.3 is 12.3 Å². The number of aromatic nitrogens is 3. The van der Waals surface area contributed by atoms with Gasteiger partial charge in [-0.25, -0.2) is 14.5 Å². The van der Waals surface area contributed by atoms with Gasteiger partial charge in [0, 0.05) is 11.2 Å². The summed E-state index contributed by atoms with van der Waals surface area (Å²) < 4.78 is 45.9. The molecule has 0 unspecified atom stereocenters. The van der Waals surface area contributed by atoms with E-state index in [9.17, 15) is 18.0 Å². The number of carbonyl (C=O) groups is 1. The average Bonchev–Trinajstić information content (AvgIpc) is 3.01. The molecule has 0 fully saturated rings. The summed E-state index contributed by atoms with van der Waals surface area (Å²) in [6, 6.07) is 8.35. The number of carbonyl (C=O) groups excluding carboxylic acids is 1. The number of benzene rings is 1. The van der Waals surface area contributed by atoms with E-state index in [1.807, 2.05) is 0 Å². The number of nitrogens with zero attached hydrogens (tertiary/aromatic N) is 3. The zero-order chi connectivity index (χ0) is 19.6. The Morgan fingerprint density at radius 1 is 1.04 bits per heavy atom. The van der Waals surface area contributed by atoms with Crippen LogP contribution < -0.4 is 10.1 Å². The van der Waals surface area contributed by atoms with Gasteiger partial charge in [0.2, 0.25) is 0 Å². The largest absolute Gasteiger partial charge is 0.437 e. The maximum atomic E-state index is 13.5. The van der Waals surface area contributed by atoms with Crippen molar-refractivity contribution in [2.24, 2.45) is 0 Å². The summed E-state index contributed by atoms with van der Waals surface area (Å²) in [7, 11) is 0. The Labute approximate surface area is 160 Å². The molecule has 3 aromatic rings. The normalized spacial score (nSPS) is 11.3. The van der Waals surface area contributed by atoms with Crippen LogP contribution in [0.15, 0.2) is 48.8 Å². The molecule has 1 N–H and O–H groups in total. The van der Waals surface area contributed by atoms with E-state index < -0.39 is 23.7 Å². The maximum Gasteiger partial charge on any atom is 0.437 e. The molecular weight excluding hydrogens is 408 g/mol. The Bertz CT molecular complexity index is 957. The molecule has 11 heteroatoms. The van der Waals surface area contributed by atoms with E-state index >= 15 is 0 Å². The van der Waals surface area contributed by atoms with Gasteiger partial charge in [0.15, 0.2) is 11.4 Å². The highest BCUT2D eigenvalue weighted by molar-refractivity contribution is 6.30. The predicted molar refractivity (Wildman–Crippen MR) is 92.5 cm³/mol. The van der Waals surface area contributed by atoms with Gasteiger partial charge in [-0.15, -0.1) is 0 Å². The minimum atomic E-state index is -4.83. The van der Waals surface area contributed by atoms with Crippen LogP contribution in [0.5, 0.6) is 5.75 Å². The molecule has 0 aliphatic heterocycles. The molecule has 0 radical (unpaired) electrons. The van der Waals surface area contributed by atoms with Crippen molar-refractivity contribution in [3.05, 3.63) is 64.5 Å². The summed E-state index contributed by atoms with van der Waals surface area (Å²) in [5.74, 6) is -0.702. The smallest absolute Gasteiger partial charge is 0.406 e. The Balaban J connectivity index is 1.88. The summed E-state index contributed by atoms with van der Waals surface area (Å²) in [6.45, 7) is 0. The van der Waals surface area contributed by atoms with Crippen LogP contribution in [0.4, 0.5) is 23.8 Å². The molecule has 0 bridgehead atoms. The molecule has 0 aliphatic carbocycles. The summed E-state index contributed by atoms with van der Waals surface area (Å²) in [6.07, 6.45) is -3.93. The predicted octanol–water partition coefficient (Wildman–Crippen LogP) is 5.20. The number of hydrogen-bond acceptors (Lipinski definition) is 4. The zero-order valence-electron chi connectivity index (χ0n) is 13.2. The molecule has 2 heterocycles. The number of ether oxygens (including phenoxy) is 1. The standard InChI is InChI=1S/C16H9Cl2F3N4O2/c17-9-1-4-11(5-2-9)25-14(16(19,20)21)12(8-23-25)27-15(26)24-13-6-3-10(18)7-22-13/h1-8H,(H,22,24,26). The molecule has 3 rings (SSSR count).